The van der Waals surface area contributed by atoms with Gasteiger partial charge in [0.25, 0.3) is 5.91 Å². The Bertz CT molecular complexity index is 673. The van der Waals surface area contributed by atoms with Crippen molar-refractivity contribution >= 4 is 22.7 Å². The summed E-state index contributed by atoms with van der Waals surface area (Å²) in [6, 6.07) is 3.99. The quantitative estimate of drug-likeness (QED) is 0.861. The fraction of sp³-hybridized carbons (Fsp3) is 0.143. The van der Waals surface area contributed by atoms with Crippen molar-refractivity contribution in [1.82, 2.24) is 9.88 Å². The number of hydrogen-bond acceptors (Lipinski definition) is 2. The van der Waals surface area contributed by atoms with Crippen molar-refractivity contribution < 1.29 is 14.0 Å². The van der Waals surface area contributed by atoms with Crippen molar-refractivity contribution in [2.75, 3.05) is 6.54 Å². The molecule has 0 fully saturated rings. The van der Waals surface area contributed by atoms with Gasteiger partial charge in [-0.05, 0) is 18.2 Å². The van der Waals surface area contributed by atoms with E-state index in [1.54, 1.807) is 6.08 Å². The van der Waals surface area contributed by atoms with Crippen molar-refractivity contribution in [3.05, 3.63) is 48.4 Å². The van der Waals surface area contributed by atoms with Crippen molar-refractivity contribution in [3.63, 3.8) is 0 Å². The van der Waals surface area contributed by atoms with E-state index in [4.69, 9.17) is 0 Å². The Morgan fingerprint density at radius 3 is 2.84 bits per heavy atom. The third kappa shape index (κ3) is 2.40. The minimum Gasteiger partial charge on any atom is -0.349 e. The average molecular weight is 260 g/mol. The third-order valence-electron chi connectivity index (χ3n) is 2.76. The van der Waals surface area contributed by atoms with E-state index in [0.717, 1.165) is 0 Å². The van der Waals surface area contributed by atoms with Crippen molar-refractivity contribution in [3.8, 4) is 0 Å². The molecule has 0 spiro atoms. The van der Waals surface area contributed by atoms with Crippen LogP contribution >= 0.6 is 0 Å². The molecule has 2 aromatic rings. The van der Waals surface area contributed by atoms with Gasteiger partial charge in [0.1, 0.15) is 5.82 Å². The summed E-state index contributed by atoms with van der Waals surface area (Å²) < 4.78 is 14.6. The normalized spacial score (nSPS) is 10.4. The van der Waals surface area contributed by atoms with Gasteiger partial charge in [-0.3, -0.25) is 14.2 Å². The van der Waals surface area contributed by atoms with Gasteiger partial charge < -0.3 is 5.32 Å². The minimum atomic E-state index is -0.452. The van der Waals surface area contributed by atoms with E-state index in [9.17, 15) is 14.0 Å². The van der Waals surface area contributed by atoms with Gasteiger partial charge in [0.15, 0.2) is 0 Å². The summed E-state index contributed by atoms with van der Waals surface area (Å²) in [6.45, 7) is 5.19. The molecule has 1 aromatic heterocycles. The molecule has 0 aliphatic rings. The predicted octanol–water partition coefficient (Wildman–Crippen LogP) is 2.36. The fourth-order valence-electron chi connectivity index (χ4n) is 1.90. The first-order chi connectivity index (χ1) is 9.04. The Hall–Kier alpha value is -2.43. The van der Waals surface area contributed by atoms with Gasteiger partial charge in [-0.2, -0.15) is 0 Å². The van der Waals surface area contributed by atoms with Crippen molar-refractivity contribution in [2.45, 2.75) is 6.92 Å². The summed E-state index contributed by atoms with van der Waals surface area (Å²) in [5, 5.41) is 3.02. The average Bonchev–Trinajstić information content (AvgIpc) is 2.74. The lowest BCUT2D eigenvalue weighted by atomic mass is 10.1. The van der Waals surface area contributed by atoms with Gasteiger partial charge in [0, 0.05) is 25.1 Å². The number of aromatic nitrogens is 1. The second-order valence-corrected chi connectivity index (χ2v) is 4.09. The zero-order valence-corrected chi connectivity index (χ0v) is 10.4. The topological polar surface area (TPSA) is 51.1 Å². The van der Waals surface area contributed by atoms with Gasteiger partial charge in [0.05, 0.1) is 11.1 Å². The lowest BCUT2D eigenvalue weighted by Crippen LogP contribution is -2.23. The molecule has 0 radical (unpaired) electrons. The van der Waals surface area contributed by atoms with Crippen LogP contribution in [0.5, 0.6) is 0 Å². The minimum absolute atomic E-state index is 0.237. The number of carbonyl (C=O) groups is 2. The van der Waals surface area contributed by atoms with Crippen LogP contribution in [0.3, 0.4) is 0 Å². The van der Waals surface area contributed by atoms with Gasteiger partial charge in [-0.1, -0.05) is 6.08 Å². The third-order valence-corrected chi connectivity index (χ3v) is 2.76. The second kappa shape index (κ2) is 5.06. The molecule has 1 heterocycles. The molecular formula is C14H13FN2O2. The maximum Gasteiger partial charge on any atom is 0.253 e. The van der Waals surface area contributed by atoms with Crippen LogP contribution in [0.2, 0.25) is 0 Å². The summed E-state index contributed by atoms with van der Waals surface area (Å²) >= 11 is 0. The Labute approximate surface area is 109 Å². The molecule has 0 unspecified atom stereocenters. The van der Waals surface area contributed by atoms with E-state index >= 15 is 0 Å². The Morgan fingerprint density at radius 2 is 2.21 bits per heavy atom. The standard InChI is InChI=1S/C14H13FN2O2/c1-3-6-16-14(19)12-8-17(9(2)18)13-5-4-10(15)7-11(12)13/h3-5,7-8H,1,6H2,2H3,(H,16,19). The highest BCUT2D eigenvalue weighted by Gasteiger charge is 2.16. The summed E-state index contributed by atoms with van der Waals surface area (Å²) in [5.41, 5.74) is 0.782. The number of amides is 1. The number of carbonyl (C=O) groups excluding carboxylic acids is 2. The first-order valence-corrected chi connectivity index (χ1v) is 5.75. The van der Waals surface area contributed by atoms with E-state index in [-0.39, 0.29) is 17.4 Å². The molecule has 98 valence electrons. The molecule has 1 aromatic carbocycles. The lowest BCUT2D eigenvalue weighted by molar-refractivity contribution is 0.0941. The fourth-order valence-corrected chi connectivity index (χ4v) is 1.90. The number of benzene rings is 1. The molecular weight excluding hydrogens is 247 g/mol. The number of halogens is 1. The van der Waals surface area contributed by atoms with E-state index in [2.05, 4.69) is 11.9 Å². The molecule has 5 heteroatoms. The summed E-state index contributed by atoms with van der Waals surface area (Å²) in [7, 11) is 0. The smallest absolute Gasteiger partial charge is 0.253 e. The molecule has 1 amide bonds. The molecule has 19 heavy (non-hydrogen) atoms. The molecule has 0 saturated heterocycles. The van der Waals surface area contributed by atoms with Crippen molar-refractivity contribution in [1.29, 1.82) is 0 Å². The Balaban J connectivity index is 2.60. The summed E-state index contributed by atoms with van der Waals surface area (Å²) in [5.74, 6) is -1.05. The molecule has 0 aliphatic carbocycles. The predicted molar refractivity (Wildman–Crippen MR) is 70.7 cm³/mol. The van der Waals surface area contributed by atoms with E-state index < -0.39 is 5.82 Å². The highest BCUT2D eigenvalue weighted by Crippen LogP contribution is 2.22. The van der Waals surface area contributed by atoms with Crippen LogP contribution in [0.1, 0.15) is 22.1 Å². The summed E-state index contributed by atoms with van der Waals surface area (Å²) in [4.78, 5) is 23.5. The van der Waals surface area contributed by atoms with Crippen LogP contribution in [-0.4, -0.2) is 22.9 Å². The Morgan fingerprint density at radius 1 is 1.47 bits per heavy atom. The van der Waals surface area contributed by atoms with Crippen LogP contribution in [0, 0.1) is 5.82 Å². The van der Waals surface area contributed by atoms with Gasteiger partial charge in [-0.15, -0.1) is 6.58 Å². The monoisotopic (exact) mass is 260 g/mol. The molecule has 1 N–H and O–H groups in total. The molecule has 2 rings (SSSR count). The molecule has 0 saturated carbocycles. The first kappa shape index (κ1) is 13.0. The van der Waals surface area contributed by atoms with Crippen LogP contribution in [0.15, 0.2) is 37.1 Å². The summed E-state index contributed by atoms with van der Waals surface area (Å²) in [6.07, 6.45) is 2.97. The number of fused-ring (bicyclic) bond motifs is 1. The zero-order chi connectivity index (χ0) is 14.0. The van der Waals surface area contributed by atoms with Crippen molar-refractivity contribution in [2.24, 2.45) is 0 Å². The maximum absolute atomic E-state index is 13.3. The number of rotatable bonds is 3. The maximum atomic E-state index is 13.3. The van der Waals surface area contributed by atoms with Gasteiger partial charge in [0.2, 0.25) is 5.91 Å². The van der Waals surface area contributed by atoms with E-state index in [1.807, 2.05) is 0 Å². The molecule has 4 nitrogen and oxygen atoms in total. The first-order valence-electron chi connectivity index (χ1n) is 5.75. The van der Waals surface area contributed by atoms with Gasteiger partial charge >= 0.3 is 0 Å². The number of hydrogen-bond donors (Lipinski definition) is 1. The van der Waals surface area contributed by atoms with Crippen LogP contribution in [0.4, 0.5) is 4.39 Å². The van der Waals surface area contributed by atoms with Crippen LogP contribution in [0.25, 0.3) is 10.9 Å². The number of nitrogens with one attached hydrogen (secondary N) is 1. The van der Waals surface area contributed by atoms with Gasteiger partial charge in [-0.25, -0.2) is 4.39 Å². The molecule has 0 atom stereocenters. The molecule has 0 aliphatic heterocycles. The highest BCUT2D eigenvalue weighted by atomic mass is 19.1. The SMILES string of the molecule is C=CCNC(=O)c1cn(C(C)=O)c2ccc(F)cc12. The number of nitrogens with zero attached hydrogens (tertiary/aromatic N) is 1. The zero-order valence-electron chi connectivity index (χ0n) is 10.4. The largest absolute Gasteiger partial charge is 0.349 e. The van der Waals surface area contributed by atoms with E-state index in [0.29, 0.717) is 17.4 Å². The highest BCUT2D eigenvalue weighted by molar-refractivity contribution is 6.09. The Kier molecular flexibility index (Phi) is 3.46. The van der Waals surface area contributed by atoms with E-state index in [1.165, 1.54) is 35.9 Å². The molecule has 0 bridgehead atoms. The second-order valence-electron chi connectivity index (χ2n) is 4.09. The van der Waals surface area contributed by atoms with Crippen LogP contribution in [-0.2, 0) is 0 Å². The van der Waals surface area contributed by atoms with Crippen LogP contribution < -0.4 is 5.32 Å². The lowest BCUT2D eigenvalue weighted by Gasteiger charge is -2.00.